The van der Waals surface area contributed by atoms with Crippen LogP contribution in [-0.2, 0) is 6.54 Å². The summed E-state index contributed by atoms with van der Waals surface area (Å²) in [6.07, 6.45) is 0. The second-order valence-corrected chi connectivity index (χ2v) is 8.49. The molecule has 0 bridgehead atoms. The van der Waals surface area contributed by atoms with E-state index < -0.39 is 10.8 Å². The number of thiocarbonyl (C=S) groups is 1. The summed E-state index contributed by atoms with van der Waals surface area (Å²) >= 11 is 5.20. The van der Waals surface area contributed by atoms with Crippen LogP contribution in [0.5, 0.6) is 0 Å². The number of rotatable bonds is 6. The highest BCUT2D eigenvalue weighted by Crippen LogP contribution is 2.21. The van der Waals surface area contributed by atoms with E-state index in [0.717, 1.165) is 31.9 Å². The van der Waals surface area contributed by atoms with E-state index >= 15 is 0 Å². The normalized spacial score (nSPS) is 13.8. The number of hydrogen-bond donors (Lipinski definition) is 2. The van der Waals surface area contributed by atoms with Crippen molar-refractivity contribution in [1.82, 2.24) is 10.2 Å². The molecule has 1 amide bonds. The zero-order valence-corrected chi connectivity index (χ0v) is 19.6. The minimum atomic E-state index is -0.653. The summed E-state index contributed by atoms with van der Waals surface area (Å²) in [5, 5.41) is 16.6. The molecule has 3 aromatic carbocycles. The average molecular weight is 494 g/mol. The predicted molar refractivity (Wildman–Crippen MR) is 137 cm³/mol. The molecular weight excluding hydrogens is 469 g/mol. The highest BCUT2D eigenvalue weighted by Gasteiger charge is 2.20. The maximum absolute atomic E-state index is 13.9. The number of nitro benzene ring substituents is 1. The molecule has 4 rings (SSSR count). The van der Waals surface area contributed by atoms with Crippen molar-refractivity contribution in [2.45, 2.75) is 6.54 Å². The standard InChI is InChI=1S/C25H24FN5O3S/c26-22-7-3-1-5-18(22)17-29-13-15-30(16-14-29)20-11-9-19(10-12-20)27-25(35)28-24(32)21-6-2-4-8-23(21)31(33)34/h1-12H,13-17H2,(H2,27,28,32,35). The van der Waals surface area contributed by atoms with Gasteiger partial charge in [0.2, 0.25) is 0 Å². The molecule has 180 valence electrons. The maximum Gasteiger partial charge on any atom is 0.282 e. The molecule has 0 atom stereocenters. The van der Waals surface area contributed by atoms with Gasteiger partial charge in [-0.25, -0.2) is 4.39 Å². The van der Waals surface area contributed by atoms with Crippen LogP contribution in [0.25, 0.3) is 0 Å². The van der Waals surface area contributed by atoms with Crippen LogP contribution >= 0.6 is 12.2 Å². The monoisotopic (exact) mass is 493 g/mol. The maximum atomic E-state index is 13.9. The van der Waals surface area contributed by atoms with E-state index in [0.29, 0.717) is 17.8 Å². The highest BCUT2D eigenvalue weighted by molar-refractivity contribution is 7.80. The first-order valence-corrected chi connectivity index (χ1v) is 11.5. The first-order chi connectivity index (χ1) is 16.9. The van der Waals surface area contributed by atoms with Crippen LogP contribution < -0.4 is 15.5 Å². The van der Waals surface area contributed by atoms with Crippen molar-refractivity contribution in [3.63, 3.8) is 0 Å². The molecule has 3 aromatic rings. The van der Waals surface area contributed by atoms with Crippen LogP contribution in [0.15, 0.2) is 72.8 Å². The number of carbonyl (C=O) groups is 1. The third kappa shape index (κ3) is 6.17. The highest BCUT2D eigenvalue weighted by atomic mass is 32.1. The Bertz CT molecular complexity index is 1230. The summed E-state index contributed by atoms with van der Waals surface area (Å²) in [5.74, 6) is -0.825. The lowest BCUT2D eigenvalue weighted by atomic mass is 10.1. The summed E-state index contributed by atoms with van der Waals surface area (Å²) in [5.41, 5.74) is 2.09. The molecule has 0 spiro atoms. The molecule has 35 heavy (non-hydrogen) atoms. The van der Waals surface area contributed by atoms with Crippen molar-refractivity contribution < 1.29 is 14.1 Å². The Balaban J connectivity index is 1.28. The van der Waals surface area contributed by atoms with Gasteiger partial charge in [-0.15, -0.1) is 0 Å². The fraction of sp³-hybridized carbons (Fsp3) is 0.200. The Labute approximate surface area is 207 Å². The van der Waals surface area contributed by atoms with Gasteiger partial charge in [0.15, 0.2) is 5.11 Å². The van der Waals surface area contributed by atoms with Crippen LogP contribution in [0.4, 0.5) is 21.5 Å². The molecule has 0 aliphatic carbocycles. The summed E-state index contributed by atoms with van der Waals surface area (Å²) in [6.45, 7) is 3.90. The average Bonchev–Trinajstić information content (AvgIpc) is 2.86. The van der Waals surface area contributed by atoms with Gasteiger partial charge in [0.25, 0.3) is 11.6 Å². The van der Waals surface area contributed by atoms with Crippen LogP contribution in [0.1, 0.15) is 15.9 Å². The Morgan fingerprint density at radius 3 is 2.31 bits per heavy atom. The molecule has 0 saturated carbocycles. The minimum Gasteiger partial charge on any atom is -0.369 e. The number of carbonyl (C=O) groups excluding carboxylic acids is 1. The van der Waals surface area contributed by atoms with Gasteiger partial charge < -0.3 is 10.2 Å². The summed E-state index contributed by atoms with van der Waals surface area (Å²) in [7, 11) is 0. The topological polar surface area (TPSA) is 90.8 Å². The molecule has 2 N–H and O–H groups in total. The van der Waals surface area contributed by atoms with E-state index in [9.17, 15) is 19.3 Å². The Morgan fingerprint density at radius 1 is 0.971 bits per heavy atom. The molecule has 0 aromatic heterocycles. The summed E-state index contributed by atoms with van der Waals surface area (Å²) < 4.78 is 13.9. The Kier molecular flexibility index (Phi) is 7.64. The van der Waals surface area contributed by atoms with Gasteiger partial charge in [-0.2, -0.15) is 0 Å². The quantitative estimate of drug-likeness (QED) is 0.302. The smallest absolute Gasteiger partial charge is 0.282 e. The number of halogens is 1. The van der Waals surface area contributed by atoms with Gasteiger partial charge in [-0.3, -0.25) is 25.1 Å². The molecule has 1 saturated heterocycles. The Morgan fingerprint density at radius 2 is 1.63 bits per heavy atom. The predicted octanol–water partition coefficient (Wildman–Crippen LogP) is 4.18. The lowest BCUT2D eigenvalue weighted by Crippen LogP contribution is -2.46. The SMILES string of the molecule is O=C(NC(=S)Nc1ccc(N2CCN(Cc3ccccc3F)CC2)cc1)c1ccccc1[N+](=O)[O-]. The fourth-order valence-electron chi connectivity index (χ4n) is 3.94. The van der Waals surface area contributed by atoms with Gasteiger partial charge in [-0.05, 0) is 48.6 Å². The second kappa shape index (κ2) is 11.0. The first kappa shape index (κ1) is 24.2. The third-order valence-corrected chi connectivity index (χ3v) is 5.99. The van der Waals surface area contributed by atoms with Crippen molar-refractivity contribution in [3.05, 3.63) is 99.9 Å². The van der Waals surface area contributed by atoms with Crippen molar-refractivity contribution in [1.29, 1.82) is 0 Å². The van der Waals surface area contributed by atoms with Crippen LogP contribution in [-0.4, -0.2) is 47.0 Å². The summed E-state index contributed by atoms with van der Waals surface area (Å²) in [4.78, 5) is 27.4. The van der Waals surface area contributed by atoms with E-state index in [-0.39, 0.29) is 22.2 Å². The number of nitrogens with zero attached hydrogens (tertiary/aromatic N) is 3. The van der Waals surface area contributed by atoms with E-state index in [2.05, 4.69) is 20.4 Å². The van der Waals surface area contributed by atoms with Crippen molar-refractivity contribution in [2.75, 3.05) is 36.4 Å². The third-order valence-electron chi connectivity index (χ3n) is 5.79. The number of anilines is 2. The molecule has 10 heteroatoms. The largest absolute Gasteiger partial charge is 0.369 e. The van der Waals surface area contributed by atoms with Gasteiger partial charge in [0.1, 0.15) is 11.4 Å². The van der Waals surface area contributed by atoms with Gasteiger partial charge in [0.05, 0.1) is 4.92 Å². The van der Waals surface area contributed by atoms with Crippen molar-refractivity contribution in [3.8, 4) is 0 Å². The zero-order valence-electron chi connectivity index (χ0n) is 18.8. The minimum absolute atomic E-state index is 0.0441. The lowest BCUT2D eigenvalue weighted by molar-refractivity contribution is -0.385. The van der Waals surface area contributed by atoms with Crippen LogP contribution in [0.2, 0.25) is 0 Å². The van der Waals surface area contributed by atoms with E-state index in [1.54, 1.807) is 12.1 Å². The number of hydrogen-bond acceptors (Lipinski definition) is 6. The molecular formula is C25H24FN5O3S. The molecule has 1 fully saturated rings. The van der Waals surface area contributed by atoms with Gasteiger partial charge in [0, 0.05) is 55.7 Å². The number of amides is 1. The van der Waals surface area contributed by atoms with Crippen molar-refractivity contribution in [2.24, 2.45) is 0 Å². The van der Waals surface area contributed by atoms with Gasteiger partial charge in [-0.1, -0.05) is 30.3 Å². The van der Waals surface area contributed by atoms with E-state index in [4.69, 9.17) is 12.2 Å². The Hall–Kier alpha value is -3.89. The second-order valence-electron chi connectivity index (χ2n) is 8.08. The van der Waals surface area contributed by atoms with Crippen LogP contribution in [0, 0.1) is 15.9 Å². The number of piperazine rings is 1. The number of nitro groups is 1. The van der Waals surface area contributed by atoms with E-state index in [1.165, 1.54) is 24.3 Å². The lowest BCUT2D eigenvalue weighted by Gasteiger charge is -2.36. The molecule has 1 aliphatic rings. The number of nitrogens with one attached hydrogen (secondary N) is 2. The number of para-hydroxylation sites is 1. The zero-order chi connectivity index (χ0) is 24.8. The number of benzene rings is 3. The molecule has 0 unspecified atom stereocenters. The first-order valence-electron chi connectivity index (χ1n) is 11.1. The molecule has 1 aliphatic heterocycles. The molecule has 0 radical (unpaired) electrons. The molecule has 1 heterocycles. The summed E-state index contributed by atoms with van der Waals surface area (Å²) in [6, 6.07) is 20.2. The van der Waals surface area contributed by atoms with Crippen molar-refractivity contribution >= 4 is 40.3 Å². The molecule has 8 nitrogen and oxygen atoms in total. The van der Waals surface area contributed by atoms with E-state index in [1.807, 2.05) is 36.4 Å². The fourth-order valence-corrected chi connectivity index (χ4v) is 4.16. The van der Waals surface area contributed by atoms with Gasteiger partial charge >= 0.3 is 0 Å². The van der Waals surface area contributed by atoms with Crippen LogP contribution in [0.3, 0.4) is 0 Å².